The number of ether oxygens (including phenoxy) is 1. The SMILES string of the molecule is COCCN1CCN(C2CCC(C)(c3cccc(Cl)c3)CC2)CC1. The van der Waals surface area contributed by atoms with Gasteiger partial charge in [-0.15, -0.1) is 0 Å². The average Bonchev–Trinajstić information content (AvgIpc) is 2.61. The molecule has 1 aliphatic heterocycles. The lowest BCUT2D eigenvalue weighted by Crippen LogP contribution is -2.52. The molecule has 4 heteroatoms. The zero-order valence-corrected chi connectivity index (χ0v) is 15.9. The highest BCUT2D eigenvalue weighted by atomic mass is 35.5. The fourth-order valence-electron chi connectivity index (χ4n) is 4.33. The van der Waals surface area contributed by atoms with Crippen molar-refractivity contribution in [3.63, 3.8) is 0 Å². The van der Waals surface area contributed by atoms with Gasteiger partial charge in [-0.25, -0.2) is 0 Å². The lowest BCUT2D eigenvalue weighted by atomic mass is 9.69. The van der Waals surface area contributed by atoms with Gasteiger partial charge in [0.25, 0.3) is 0 Å². The van der Waals surface area contributed by atoms with Gasteiger partial charge in [-0.3, -0.25) is 9.80 Å². The molecule has 0 spiro atoms. The van der Waals surface area contributed by atoms with Crippen molar-refractivity contribution in [1.82, 2.24) is 9.80 Å². The predicted octanol–water partition coefficient (Wildman–Crippen LogP) is 3.80. The van der Waals surface area contributed by atoms with Gasteiger partial charge in [-0.2, -0.15) is 0 Å². The minimum Gasteiger partial charge on any atom is -0.383 e. The maximum Gasteiger partial charge on any atom is 0.0589 e. The summed E-state index contributed by atoms with van der Waals surface area (Å²) in [6.45, 7) is 9.13. The second kappa shape index (κ2) is 8.18. The Labute approximate surface area is 151 Å². The Hall–Kier alpha value is -0.610. The molecule has 1 saturated heterocycles. The molecular formula is C20H31ClN2O. The van der Waals surface area contributed by atoms with Crippen molar-refractivity contribution in [2.45, 2.75) is 44.1 Å². The van der Waals surface area contributed by atoms with Crippen molar-refractivity contribution in [2.24, 2.45) is 0 Å². The largest absolute Gasteiger partial charge is 0.383 e. The van der Waals surface area contributed by atoms with Gasteiger partial charge in [0.2, 0.25) is 0 Å². The minimum atomic E-state index is 0.293. The van der Waals surface area contributed by atoms with Crippen LogP contribution in [0.25, 0.3) is 0 Å². The Morgan fingerprint density at radius 2 is 1.88 bits per heavy atom. The molecule has 24 heavy (non-hydrogen) atoms. The quantitative estimate of drug-likeness (QED) is 0.803. The third-order valence-electron chi connectivity index (χ3n) is 6.12. The summed E-state index contributed by atoms with van der Waals surface area (Å²) in [6, 6.07) is 9.25. The van der Waals surface area contributed by atoms with E-state index in [-0.39, 0.29) is 0 Å². The lowest BCUT2D eigenvalue weighted by molar-refractivity contribution is 0.0545. The number of rotatable bonds is 5. The smallest absolute Gasteiger partial charge is 0.0589 e. The van der Waals surface area contributed by atoms with Crippen molar-refractivity contribution in [2.75, 3.05) is 46.4 Å². The molecule has 1 aromatic carbocycles. The zero-order valence-electron chi connectivity index (χ0n) is 15.1. The van der Waals surface area contributed by atoms with E-state index >= 15 is 0 Å². The molecule has 0 radical (unpaired) electrons. The number of benzene rings is 1. The summed E-state index contributed by atoms with van der Waals surface area (Å²) in [5.41, 5.74) is 1.71. The van der Waals surface area contributed by atoms with E-state index in [1.54, 1.807) is 7.11 Å². The third-order valence-corrected chi connectivity index (χ3v) is 6.35. The van der Waals surface area contributed by atoms with Gasteiger partial charge in [0, 0.05) is 50.9 Å². The predicted molar refractivity (Wildman–Crippen MR) is 101 cm³/mol. The molecular weight excluding hydrogens is 320 g/mol. The first-order valence-corrected chi connectivity index (χ1v) is 9.70. The second-order valence-electron chi connectivity index (χ2n) is 7.67. The Morgan fingerprint density at radius 1 is 1.17 bits per heavy atom. The van der Waals surface area contributed by atoms with Crippen LogP contribution in [0.4, 0.5) is 0 Å². The molecule has 3 rings (SSSR count). The molecule has 3 nitrogen and oxygen atoms in total. The van der Waals surface area contributed by atoms with E-state index in [2.05, 4.69) is 34.9 Å². The lowest BCUT2D eigenvalue weighted by Gasteiger charge is -2.45. The minimum absolute atomic E-state index is 0.293. The third kappa shape index (κ3) is 4.32. The van der Waals surface area contributed by atoms with Gasteiger partial charge in [0.1, 0.15) is 0 Å². The van der Waals surface area contributed by atoms with Crippen LogP contribution in [0, 0.1) is 0 Å². The molecule has 1 aromatic rings. The molecule has 2 fully saturated rings. The second-order valence-corrected chi connectivity index (χ2v) is 8.11. The number of nitrogens with zero attached hydrogens (tertiary/aromatic N) is 2. The van der Waals surface area contributed by atoms with Crippen LogP contribution in [-0.4, -0.2) is 62.3 Å². The van der Waals surface area contributed by atoms with Gasteiger partial charge < -0.3 is 4.74 Å². The summed E-state index contributed by atoms with van der Waals surface area (Å²) < 4.78 is 5.20. The van der Waals surface area contributed by atoms with Gasteiger partial charge in [-0.1, -0.05) is 30.7 Å². The maximum atomic E-state index is 6.20. The molecule has 2 aliphatic rings. The molecule has 1 heterocycles. The zero-order chi connectivity index (χ0) is 17.0. The highest BCUT2D eigenvalue weighted by Crippen LogP contribution is 2.41. The molecule has 1 aliphatic carbocycles. The van der Waals surface area contributed by atoms with Gasteiger partial charge >= 0.3 is 0 Å². The Kier molecular flexibility index (Phi) is 6.20. The Balaban J connectivity index is 1.50. The first-order chi connectivity index (χ1) is 11.6. The average molecular weight is 351 g/mol. The molecule has 0 aromatic heterocycles. The first kappa shape index (κ1) is 18.2. The van der Waals surface area contributed by atoms with Crippen molar-refractivity contribution < 1.29 is 4.74 Å². The summed E-state index contributed by atoms with van der Waals surface area (Å²) in [7, 11) is 1.79. The Bertz CT molecular complexity index is 520. The van der Waals surface area contributed by atoms with Crippen molar-refractivity contribution in [3.05, 3.63) is 34.9 Å². The topological polar surface area (TPSA) is 15.7 Å². The molecule has 0 N–H and O–H groups in total. The van der Waals surface area contributed by atoms with Crippen LogP contribution in [0.15, 0.2) is 24.3 Å². The summed E-state index contributed by atoms with van der Waals surface area (Å²) in [5, 5.41) is 0.864. The normalized spacial score (nSPS) is 29.7. The van der Waals surface area contributed by atoms with Crippen LogP contribution in [0.1, 0.15) is 38.2 Å². The van der Waals surface area contributed by atoms with E-state index in [1.165, 1.54) is 57.4 Å². The van der Waals surface area contributed by atoms with Gasteiger partial charge in [-0.05, 0) is 48.8 Å². The van der Waals surface area contributed by atoms with E-state index < -0.39 is 0 Å². The summed E-state index contributed by atoms with van der Waals surface area (Å²) in [5.74, 6) is 0. The van der Waals surface area contributed by atoms with Gasteiger partial charge in [0.05, 0.1) is 6.61 Å². The van der Waals surface area contributed by atoms with E-state index in [4.69, 9.17) is 16.3 Å². The Morgan fingerprint density at radius 3 is 2.50 bits per heavy atom. The standard InChI is InChI=1S/C20H31ClN2O/c1-20(17-4-3-5-18(21)16-17)8-6-19(7-9-20)23-12-10-22(11-13-23)14-15-24-2/h3-5,16,19H,6-15H2,1-2H3. The molecule has 0 amide bonds. The molecule has 0 unspecified atom stereocenters. The highest BCUT2D eigenvalue weighted by Gasteiger charge is 2.35. The number of hydrogen-bond acceptors (Lipinski definition) is 3. The molecule has 0 bridgehead atoms. The molecule has 0 atom stereocenters. The van der Waals surface area contributed by atoms with Gasteiger partial charge in [0.15, 0.2) is 0 Å². The number of piperazine rings is 1. The van der Waals surface area contributed by atoms with Crippen LogP contribution >= 0.6 is 11.6 Å². The van der Waals surface area contributed by atoms with E-state index in [1.807, 2.05) is 6.07 Å². The van der Waals surface area contributed by atoms with E-state index in [9.17, 15) is 0 Å². The maximum absolute atomic E-state index is 6.20. The highest BCUT2D eigenvalue weighted by molar-refractivity contribution is 6.30. The summed E-state index contributed by atoms with van der Waals surface area (Å²) >= 11 is 6.20. The number of halogens is 1. The monoisotopic (exact) mass is 350 g/mol. The number of methoxy groups -OCH3 is 1. The first-order valence-electron chi connectivity index (χ1n) is 9.32. The molecule has 1 saturated carbocycles. The van der Waals surface area contributed by atoms with Crippen LogP contribution < -0.4 is 0 Å². The van der Waals surface area contributed by atoms with Crippen molar-refractivity contribution in [3.8, 4) is 0 Å². The van der Waals surface area contributed by atoms with Crippen LogP contribution in [0.5, 0.6) is 0 Å². The van der Waals surface area contributed by atoms with Crippen molar-refractivity contribution >= 4 is 11.6 Å². The van der Waals surface area contributed by atoms with Crippen molar-refractivity contribution in [1.29, 1.82) is 0 Å². The summed E-state index contributed by atoms with van der Waals surface area (Å²) in [4.78, 5) is 5.25. The molecule has 134 valence electrons. The fraction of sp³-hybridized carbons (Fsp3) is 0.700. The van der Waals surface area contributed by atoms with Crippen LogP contribution in [0.3, 0.4) is 0 Å². The fourth-order valence-corrected chi connectivity index (χ4v) is 4.52. The van der Waals surface area contributed by atoms with Crippen LogP contribution in [0.2, 0.25) is 5.02 Å². The van der Waals surface area contributed by atoms with Crippen LogP contribution in [-0.2, 0) is 10.2 Å². The number of hydrogen-bond donors (Lipinski definition) is 0. The van der Waals surface area contributed by atoms with E-state index in [0.29, 0.717) is 5.41 Å². The van der Waals surface area contributed by atoms with E-state index in [0.717, 1.165) is 24.2 Å². The summed E-state index contributed by atoms with van der Waals surface area (Å²) in [6.07, 6.45) is 5.14.